The zero-order chi connectivity index (χ0) is 9.28. The molecule has 1 atom stereocenters. The Balaban J connectivity index is 0. The van der Waals surface area contributed by atoms with E-state index in [1.807, 2.05) is 0 Å². The largest absolute Gasteiger partial charge is 1.00 e. The Kier molecular flexibility index (Phi) is 6.03. The summed E-state index contributed by atoms with van der Waals surface area (Å²) in [7, 11) is -6.03. The van der Waals surface area contributed by atoms with Crippen molar-refractivity contribution < 1.29 is 60.8 Å². The van der Waals surface area contributed by atoms with E-state index in [2.05, 4.69) is 0 Å². The molecule has 0 aromatic rings. The Bertz CT molecular complexity index is 228. The van der Waals surface area contributed by atoms with Gasteiger partial charge < -0.3 is 9.66 Å². The van der Waals surface area contributed by atoms with E-state index in [0.29, 0.717) is 0 Å². The molecule has 1 N–H and O–H groups in total. The van der Waals surface area contributed by atoms with Crippen molar-refractivity contribution in [1.82, 2.24) is 0 Å². The molecule has 0 heterocycles. The first-order chi connectivity index (χ1) is 4.73. The zero-order valence-corrected chi connectivity index (χ0v) is 8.82. The quantitative estimate of drug-likeness (QED) is 0.391. The van der Waals surface area contributed by atoms with E-state index < -0.39 is 28.2 Å². The molecule has 68 valence electrons. The van der Waals surface area contributed by atoms with Crippen molar-refractivity contribution in [2.24, 2.45) is 0 Å². The summed E-state index contributed by atoms with van der Waals surface area (Å²) in [4.78, 5) is 0. The van der Waals surface area contributed by atoms with E-state index in [9.17, 15) is 26.1 Å². The molecule has 0 aliphatic carbocycles. The van der Waals surface area contributed by atoms with Gasteiger partial charge in [0.1, 0.15) is 0 Å². The maximum absolute atomic E-state index is 11.9. The molecule has 0 aromatic heterocycles. The minimum Gasteiger partial charge on any atom is -0.743 e. The Morgan fingerprint density at radius 1 is 1.50 bits per heavy atom. The second kappa shape index (κ2) is 4.77. The predicted octanol–water partition coefficient (Wildman–Crippen LogP) is -3.54. The van der Waals surface area contributed by atoms with Crippen LogP contribution in [0.5, 0.6) is 0 Å². The van der Waals surface area contributed by atoms with Crippen LogP contribution < -0.4 is 29.6 Å². The van der Waals surface area contributed by atoms with Crippen LogP contribution in [0.25, 0.3) is 0 Å². The Morgan fingerprint density at radius 2 is 1.83 bits per heavy atom. The fourth-order valence-corrected chi connectivity index (χ4v) is 0.651. The van der Waals surface area contributed by atoms with Crippen molar-refractivity contribution in [3.05, 3.63) is 0 Å². The molecule has 0 bridgehead atoms. The van der Waals surface area contributed by atoms with Crippen LogP contribution in [0.1, 0.15) is 0 Å². The van der Waals surface area contributed by atoms with Crippen LogP contribution in [-0.2, 0) is 10.1 Å². The second-order valence-corrected chi connectivity index (χ2v) is 3.12. The standard InChI is InChI=1S/C3H5F3O4S.Na/c4-2(1-7)3(5,6)11(8,9)10;/h2,7H,1H2,(H,8,9,10);/q;+1/p-1. The number of halogens is 3. The van der Waals surface area contributed by atoms with Crippen LogP contribution in [0.15, 0.2) is 0 Å². The molecule has 0 aromatic carbocycles. The summed E-state index contributed by atoms with van der Waals surface area (Å²) in [6.45, 7) is -1.71. The summed E-state index contributed by atoms with van der Waals surface area (Å²) in [6.07, 6.45) is -3.37. The minimum absolute atomic E-state index is 0. The molecule has 4 nitrogen and oxygen atoms in total. The van der Waals surface area contributed by atoms with E-state index in [4.69, 9.17) is 5.11 Å². The molecule has 0 rings (SSSR count). The van der Waals surface area contributed by atoms with E-state index in [1.54, 1.807) is 0 Å². The van der Waals surface area contributed by atoms with Crippen LogP contribution in [0.2, 0.25) is 0 Å². The molecule has 9 heteroatoms. The smallest absolute Gasteiger partial charge is 0.743 e. The first-order valence-corrected chi connectivity index (χ1v) is 3.72. The number of rotatable bonds is 3. The molecule has 0 radical (unpaired) electrons. The molecule has 0 saturated heterocycles. The third kappa shape index (κ3) is 3.19. The molecular weight excluding hydrogens is 212 g/mol. The van der Waals surface area contributed by atoms with Crippen LogP contribution in [0, 0.1) is 0 Å². The van der Waals surface area contributed by atoms with Gasteiger partial charge in [0.25, 0.3) is 0 Å². The first kappa shape index (κ1) is 15.1. The van der Waals surface area contributed by atoms with Crippen molar-refractivity contribution in [1.29, 1.82) is 0 Å². The van der Waals surface area contributed by atoms with Gasteiger partial charge in [0.15, 0.2) is 16.3 Å². The van der Waals surface area contributed by atoms with Crippen LogP contribution in [0.3, 0.4) is 0 Å². The third-order valence-electron chi connectivity index (χ3n) is 0.858. The van der Waals surface area contributed by atoms with Crippen molar-refractivity contribution in [3.63, 3.8) is 0 Å². The van der Waals surface area contributed by atoms with Crippen LogP contribution in [-0.4, -0.2) is 36.1 Å². The Morgan fingerprint density at radius 3 is 1.92 bits per heavy atom. The van der Waals surface area contributed by atoms with Crippen molar-refractivity contribution in [2.75, 3.05) is 6.61 Å². The summed E-state index contributed by atoms with van der Waals surface area (Å²) >= 11 is 0. The van der Waals surface area contributed by atoms with E-state index in [0.717, 1.165) is 0 Å². The van der Waals surface area contributed by atoms with Gasteiger partial charge in [0.05, 0.1) is 6.61 Å². The van der Waals surface area contributed by atoms with E-state index in [1.165, 1.54) is 0 Å². The molecular formula is C3H4F3NaO4S. The van der Waals surface area contributed by atoms with Gasteiger partial charge in [-0.05, 0) is 0 Å². The van der Waals surface area contributed by atoms with E-state index >= 15 is 0 Å². The molecule has 12 heavy (non-hydrogen) atoms. The average molecular weight is 216 g/mol. The number of aliphatic hydroxyl groups excluding tert-OH is 1. The van der Waals surface area contributed by atoms with Gasteiger partial charge in [-0.1, -0.05) is 0 Å². The molecule has 0 aliphatic rings. The van der Waals surface area contributed by atoms with Gasteiger partial charge >= 0.3 is 34.8 Å². The molecule has 0 saturated carbocycles. The zero-order valence-electron chi connectivity index (χ0n) is 6.00. The molecule has 0 fully saturated rings. The van der Waals surface area contributed by atoms with Crippen LogP contribution in [0.4, 0.5) is 13.2 Å². The number of aliphatic hydroxyl groups is 1. The van der Waals surface area contributed by atoms with Gasteiger partial charge in [-0.2, -0.15) is 8.78 Å². The summed E-state index contributed by atoms with van der Waals surface area (Å²) in [5.74, 6) is 0. The van der Waals surface area contributed by atoms with Gasteiger partial charge in [-0.25, -0.2) is 12.8 Å². The van der Waals surface area contributed by atoms with Gasteiger partial charge in [0, 0.05) is 0 Å². The number of hydrogen-bond acceptors (Lipinski definition) is 4. The van der Waals surface area contributed by atoms with Crippen molar-refractivity contribution in [2.45, 2.75) is 11.4 Å². The SMILES string of the molecule is O=S(=O)([O-])C(F)(F)C(F)CO.[Na+]. The predicted molar refractivity (Wildman–Crippen MR) is 26.6 cm³/mol. The molecule has 0 aliphatic heterocycles. The van der Waals surface area contributed by atoms with E-state index in [-0.39, 0.29) is 29.6 Å². The topological polar surface area (TPSA) is 77.4 Å². The van der Waals surface area contributed by atoms with Gasteiger partial charge in [0.2, 0.25) is 0 Å². The maximum Gasteiger partial charge on any atom is 1.00 e. The average Bonchev–Trinajstić information content (AvgIpc) is 1.83. The Hall–Kier alpha value is 0.660. The minimum atomic E-state index is -6.03. The first-order valence-electron chi connectivity index (χ1n) is 2.31. The summed E-state index contributed by atoms with van der Waals surface area (Å²) in [6, 6.07) is 0. The van der Waals surface area contributed by atoms with Crippen LogP contribution >= 0.6 is 0 Å². The fraction of sp³-hybridized carbons (Fsp3) is 1.00. The number of alkyl halides is 3. The van der Waals surface area contributed by atoms with Gasteiger partial charge in [-0.15, -0.1) is 0 Å². The third-order valence-corrected chi connectivity index (χ3v) is 1.78. The van der Waals surface area contributed by atoms with Crippen molar-refractivity contribution in [3.8, 4) is 0 Å². The maximum atomic E-state index is 11.9. The molecule has 1 unspecified atom stereocenters. The normalized spacial score (nSPS) is 15.1. The van der Waals surface area contributed by atoms with Crippen molar-refractivity contribution >= 4 is 10.1 Å². The number of hydrogen-bond donors (Lipinski definition) is 1. The molecule has 0 spiro atoms. The van der Waals surface area contributed by atoms with Gasteiger partial charge in [-0.3, -0.25) is 0 Å². The Labute approximate surface area is 88.8 Å². The second-order valence-electron chi connectivity index (χ2n) is 1.67. The summed E-state index contributed by atoms with van der Waals surface area (Å²) < 4.78 is 64.4. The summed E-state index contributed by atoms with van der Waals surface area (Å²) in [5, 5.41) is 2.72. The monoisotopic (exact) mass is 216 g/mol. The molecule has 0 amide bonds. The fourth-order valence-electron chi connectivity index (χ4n) is 0.263. The summed E-state index contributed by atoms with van der Waals surface area (Å²) in [5.41, 5.74) is 0.